The Balaban J connectivity index is 1.99. The highest BCUT2D eigenvalue weighted by atomic mass is 35.5. The fourth-order valence-electron chi connectivity index (χ4n) is 2.88. The highest BCUT2D eigenvalue weighted by molar-refractivity contribution is 6.31. The van der Waals surface area contributed by atoms with Crippen molar-refractivity contribution in [3.8, 4) is 0 Å². The van der Waals surface area contributed by atoms with Gasteiger partial charge in [0.15, 0.2) is 0 Å². The highest BCUT2D eigenvalue weighted by Gasteiger charge is 2.43. The number of para-hydroxylation sites is 1. The van der Waals surface area contributed by atoms with Gasteiger partial charge in [0, 0.05) is 5.02 Å². The summed E-state index contributed by atoms with van der Waals surface area (Å²) in [6, 6.07) is 16.9. The lowest BCUT2D eigenvalue weighted by atomic mass is 9.93. The maximum absolute atomic E-state index is 12.6. The topological polar surface area (TPSA) is 38.8 Å². The van der Waals surface area contributed by atoms with Crippen LogP contribution < -0.4 is 5.06 Å². The molecule has 5 heteroatoms. The lowest BCUT2D eigenvalue weighted by Gasteiger charge is -2.28. The third-order valence-corrected chi connectivity index (χ3v) is 4.26. The fourth-order valence-corrected chi connectivity index (χ4v) is 3.13. The van der Waals surface area contributed by atoms with Crippen LogP contribution in [0.25, 0.3) is 0 Å². The van der Waals surface area contributed by atoms with Crippen LogP contribution in [-0.2, 0) is 14.4 Å². The van der Waals surface area contributed by atoms with E-state index in [1.54, 1.807) is 5.06 Å². The molecule has 0 spiro atoms. The number of benzene rings is 2. The zero-order valence-corrected chi connectivity index (χ0v) is 14.4. The third-order valence-electron chi connectivity index (χ3n) is 3.92. The molecule has 1 fully saturated rings. The Morgan fingerprint density at radius 2 is 1.83 bits per heavy atom. The quantitative estimate of drug-likeness (QED) is 0.770. The molecule has 1 saturated heterocycles. The number of esters is 1. The molecular weight excluding hydrogens is 326 g/mol. The van der Waals surface area contributed by atoms with E-state index in [9.17, 15) is 4.79 Å². The molecule has 0 unspecified atom stereocenters. The van der Waals surface area contributed by atoms with Gasteiger partial charge in [-0.25, -0.2) is 5.06 Å². The van der Waals surface area contributed by atoms with Gasteiger partial charge in [0.1, 0.15) is 5.92 Å². The summed E-state index contributed by atoms with van der Waals surface area (Å²) in [5.41, 5.74) is 1.73. The van der Waals surface area contributed by atoms with Gasteiger partial charge in [-0.3, -0.25) is 9.63 Å². The predicted molar refractivity (Wildman–Crippen MR) is 93.8 cm³/mol. The number of hydrogen-bond acceptors (Lipinski definition) is 4. The second-order valence-electron chi connectivity index (χ2n) is 6.02. The monoisotopic (exact) mass is 345 g/mol. The van der Waals surface area contributed by atoms with Crippen molar-refractivity contribution < 1.29 is 14.4 Å². The van der Waals surface area contributed by atoms with Crippen molar-refractivity contribution in [2.45, 2.75) is 26.0 Å². The van der Waals surface area contributed by atoms with Crippen LogP contribution in [0.4, 0.5) is 5.69 Å². The molecule has 1 heterocycles. The number of nitrogens with zero attached hydrogens (tertiary/aromatic N) is 1. The number of halogens is 1. The minimum Gasteiger partial charge on any atom is -0.463 e. The lowest BCUT2D eigenvalue weighted by Crippen LogP contribution is -2.30. The van der Waals surface area contributed by atoms with E-state index < -0.39 is 5.92 Å². The van der Waals surface area contributed by atoms with Crippen molar-refractivity contribution in [2.75, 3.05) is 11.7 Å². The molecule has 0 aliphatic carbocycles. The van der Waals surface area contributed by atoms with Crippen LogP contribution in [0.5, 0.6) is 0 Å². The van der Waals surface area contributed by atoms with Gasteiger partial charge in [-0.2, -0.15) is 0 Å². The molecule has 0 amide bonds. The Morgan fingerprint density at radius 3 is 2.50 bits per heavy atom. The minimum absolute atomic E-state index is 0.171. The molecule has 0 N–H and O–H groups in total. The number of carbonyl (C=O) groups excluding carboxylic acids is 1. The molecule has 0 aromatic heterocycles. The minimum atomic E-state index is -0.437. The lowest BCUT2D eigenvalue weighted by molar-refractivity contribution is -0.152. The Kier molecular flexibility index (Phi) is 5.07. The van der Waals surface area contributed by atoms with E-state index in [-0.39, 0.29) is 24.7 Å². The molecule has 126 valence electrons. The van der Waals surface area contributed by atoms with Crippen molar-refractivity contribution in [3.05, 3.63) is 65.2 Å². The number of hydrogen-bond donors (Lipinski definition) is 0. The van der Waals surface area contributed by atoms with Gasteiger partial charge in [-0.05, 0) is 37.6 Å². The standard InChI is InChI=1S/C19H20ClNO3/c1-13(2)24-19(22)16-12-23-21(14-8-4-3-5-9-14)18(16)15-10-6-7-11-17(15)20/h3-11,13,16,18H,12H2,1-2H3/t16-,18-/m0/s1. The van der Waals surface area contributed by atoms with Crippen LogP contribution >= 0.6 is 11.6 Å². The second kappa shape index (κ2) is 7.24. The zero-order valence-electron chi connectivity index (χ0n) is 13.7. The summed E-state index contributed by atoms with van der Waals surface area (Å²) in [6.45, 7) is 3.94. The summed E-state index contributed by atoms with van der Waals surface area (Å²) in [6.07, 6.45) is -0.171. The Morgan fingerprint density at radius 1 is 1.17 bits per heavy atom. The number of anilines is 1. The average molecular weight is 346 g/mol. The van der Waals surface area contributed by atoms with Gasteiger partial charge < -0.3 is 4.74 Å². The Labute approximate surface area is 146 Å². The third kappa shape index (κ3) is 3.40. The highest BCUT2D eigenvalue weighted by Crippen LogP contribution is 2.41. The van der Waals surface area contributed by atoms with Gasteiger partial charge in [0.25, 0.3) is 0 Å². The number of rotatable bonds is 4. The largest absolute Gasteiger partial charge is 0.463 e. The number of carbonyl (C=O) groups is 1. The molecule has 2 aromatic carbocycles. The van der Waals surface area contributed by atoms with Crippen molar-refractivity contribution in [1.29, 1.82) is 0 Å². The van der Waals surface area contributed by atoms with E-state index in [1.165, 1.54) is 0 Å². The van der Waals surface area contributed by atoms with Crippen LogP contribution in [0.2, 0.25) is 5.02 Å². The normalized spacial score (nSPS) is 20.4. The van der Waals surface area contributed by atoms with E-state index in [1.807, 2.05) is 68.4 Å². The fraction of sp³-hybridized carbons (Fsp3) is 0.316. The molecule has 2 aromatic rings. The summed E-state index contributed by atoms with van der Waals surface area (Å²) >= 11 is 6.40. The molecule has 1 aliphatic heterocycles. The van der Waals surface area contributed by atoms with Crippen molar-refractivity contribution >= 4 is 23.3 Å². The molecule has 24 heavy (non-hydrogen) atoms. The zero-order chi connectivity index (χ0) is 17.1. The second-order valence-corrected chi connectivity index (χ2v) is 6.42. The molecule has 0 bridgehead atoms. The van der Waals surface area contributed by atoms with Crippen LogP contribution in [0.15, 0.2) is 54.6 Å². The van der Waals surface area contributed by atoms with Crippen molar-refractivity contribution in [1.82, 2.24) is 0 Å². The first-order valence-electron chi connectivity index (χ1n) is 8.00. The molecule has 3 rings (SSSR count). The first-order valence-corrected chi connectivity index (χ1v) is 8.38. The molecular formula is C19H20ClNO3. The molecule has 4 nitrogen and oxygen atoms in total. The average Bonchev–Trinajstić information content (AvgIpc) is 3.00. The first kappa shape index (κ1) is 16.8. The maximum Gasteiger partial charge on any atom is 0.314 e. The first-order chi connectivity index (χ1) is 11.6. The Hall–Kier alpha value is -2.04. The van der Waals surface area contributed by atoms with Gasteiger partial charge in [-0.15, -0.1) is 0 Å². The van der Waals surface area contributed by atoms with E-state index in [0.29, 0.717) is 5.02 Å². The van der Waals surface area contributed by atoms with Gasteiger partial charge in [0.05, 0.1) is 24.4 Å². The predicted octanol–water partition coefficient (Wildman–Crippen LogP) is 4.40. The Bertz CT molecular complexity index is 705. The van der Waals surface area contributed by atoms with E-state index >= 15 is 0 Å². The number of ether oxygens (including phenoxy) is 1. The molecule has 2 atom stereocenters. The van der Waals surface area contributed by atoms with Gasteiger partial charge >= 0.3 is 5.97 Å². The maximum atomic E-state index is 12.6. The van der Waals surface area contributed by atoms with Gasteiger partial charge in [-0.1, -0.05) is 48.0 Å². The smallest absolute Gasteiger partial charge is 0.314 e. The summed E-state index contributed by atoms with van der Waals surface area (Å²) in [7, 11) is 0. The molecule has 1 aliphatic rings. The van der Waals surface area contributed by atoms with Crippen LogP contribution in [0, 0.1) is 5.92 Å². The van der Waals surface area contributed by atoms with Crippen molar-refractivity contribution in [2.24, 2.45) is 5.92 Å². The van der Waals surface area contributed by atoms with Crippen molar-refractivity contribution in [3.63, 3.8) is 0 Å². The van der Waals surface area contributed by atoms with E-state index in [4.69, 9.17) is 21.2 Å². The summed E-state index contributed by atoms with van der Waals surface area (Å²) in [5, 5.41) is 2.37. The summed E-state index contributed by atoms with van der Waals surface area (Å²) in [4.78, 5) is 18.4. The molecule has 0 radical (unpaired) electrons. The molecule has 0 saturated carbocycles. The van der Waals surface area contributed by atoms with Crippen LogP contribution in [-0.4, -0.2) is 18.7 Å². The van der Waals surface area contributed by atoms with Crippen LogP contribution in [0.3, 0.4) is 0 Å². The summed E-state index contributed by atoms with van der Waals surface area (Å²) < 4.78 is 5.42. The van der Waals surface area contributed by atoms with E-state index in [0.717, 1.165) is 11.3 Å². The summed E-state index contributed by atoms with van der Waals surface area (Å²) in [5.74, 6) is -0.708. The van der Waals surface area contributed by atoms with Crippen LogP contribution in [0.1, 0.15) is 25.5 Å². The van der Waals surface area contributed by atoms with Gasteiger partial charge in [0.2, 0.25) is 0 Å². The SMILES string of the molecule is CC(C)OC(=O)[C@H]1CON(c2ccccc2)[C@H]1c1ccccc1Cl. The van der Waals surface area contributed by atoms with E-state index in [2.05, 4.69) is 0 Å². The number of hydroxylamine groups is 1.